The normalized spacial score (nSPS) is 10.4. The summed E-state index contributed by atoms with van der Waals surface area (Å²) in [5.41, 5.74) is 4.65. The highest BCUT2D eigenvalue weighted by Gasteiger charge is 2.16. The number of aromatic nitrogens is 1. The SMILES string of the molecule is CCN(CC)C(=O)c1ccnc(C(=O)Nc2c(C)cc(C)cc2C)c1. The molecule has 0 unspecified atom stereocenters. The summed E-state index contributed by atoms with van der Waals surface area (Å²) in [5, 5.41) is 2.92. The molecule has 2 rings (SSSR count). The number of rotatable bonds is 5. The van der Waals surface area contributed by atoms with Gasteiger partial charge in [0.1, 0.15) is 5.69 Å². The van der Waals surface area contributed by atoms with Gasteiger partial charge in [0.25, 0.3) is 11.8 Å². The summed E-state index contributed by atoms with van der Waals surface area (Å²) in [7, 11) is 0. The minimum Gasteiger partial charge on any atom is -0.339 e. The van der Waals surface area contributed by atoms with Gasteiger partial charge in [0.2, 0.25) is 0 Å². The molecular weight excluding hydrogens is 314 g/mol. The summed E-state index contributed by atoms with van der Waals surface area (Å²) in [5.74, 6) is -0.409. The molecule has 0 atom stereocenters. The largest absolute Gasteiger partial charge is 0.339 e. The maximum Gasteiger partial charge on any atom is 0.274 e. The molecule has 1 N–H and O–H groups in total. The number of aryl methyl sites for hydroxylation is 3. The van der Waals surface area contributed by atoms with E-state index in [2.05, 4.69) is 10.3 Å². The molecule has 1 aromatic heterocycles. The van der Waals surface area contributed by atoms with Crippen LogP contribution in [0.25, 0.3) is 0 Å². The van der Waals surface area contributed by atoms with Crippen LogP contribution in [0, 0.1) is 20.8 Å². The van der Waals surface area contributed by atoms with E-state index >= 15 is 0 Å². The predicted molar refractivity (Wildman–Crippen MR) is 100 cm³/mol. The zero-order valence-corrected chi connectivity index (χ0v) is 15.5. The fourth-order valence-electron chi connectivity index (χ4n) is 2.94. The van der Waals surface area contributed by atoms with Crippen LogP contribution in [0.15, 0.2) is 30.5 Å². The quantitative estimate of drug-likeness (QED) is 0.902. The number of anilines is 1. The molecule has 5 nitrogen and oxygen atoms in total. The average molecular weight is 339 g/mol. The molecule has 0 saturated heterocycles. The average Bonchev–Trinajstić information content (AvgIpc) is 2.59. The van der Waals surface area contributed by atoms with Crippen LogP contribution in [0.2, 0.25) is 0 Å². The molecular formula is C20H25N3O2. The molecule has 0 aliphatic heterocycles. The Bertz CT molecular complexity index is 772. The molecule has 0 saturated carbocycles. The van der Waals surface area contributed by atoms with Gasteiger partial charge in [-0.25, -0.2) is 0 Å². The molecule has 2 amide bonds. The van der Waals surface area contributed by atoms with Crippen molar-refractivity contribution in [3.8, 4) is 0 Å². The maximum atomic E-state index is 12.6. The number of carbonyl (C=O) groups excluding carboxylic acids is 2. The van der Waals surface area contributed by atoms with Gasteiger partial charge in [-0.05, 0) is 57.9 Å². The number of hydrogen-bond donors (Lipinski definition) is 1. The minimum absolute atomic E-state index is 0.0934. The van der Waals surface area contributed by atoms with Crippen LogP contribution in [-0.2, 0) is 0 Å². The predicted octanol–water partition coefficient (Wildman–Crippen LogP) is 3.74. The van der Waals surface area contributed by atoms with Crippen molar-refractivity contribution in [2.24, 2.45) is 0 Å². The first-order chi connectivity index (χ1) is 11.9. The van der Waals surface area contributed by atoms with E-state index in [1.54, 1.807) is 17.0 Å². The first-order valence-electron chi connectivity index (χ1n) is 8.51. The third kappa shape index (κ3) is 4.24. The highest BCUT2D eigenvalue weighted by atomic mass is 16.2. The molecule has 0 fully saturated rings. The Balaban J connectivity index is 2.26. The molecule has 0 bridgehead atoms. The minimum atomic E-state index is -0.316. The molecule has 0 radical (unpaired) electrons. The molecule has 2 aromatic rings. The lowest BCUT2D eigenvalue weighted by Crippen LogP contribution is -2.30. The monoisotopic (exact) mass is 339 g/mol. The molecule has 132 valence electrons. The number of nitrogens with zero attached hydrogens (tertiary/aromatic N) is 2. The van der Waals surface area contributed by atoms with E-state index in [1.807, 2.05) is 46.8 Å². The third-order valence-corrected chi connectivity index (χ3v) is 4.21. The second kappa shape index (κ2) is 7.92. The van der Waals surface area contributed by atoms with Gasteiger partial charge in [-0.3, -0.25) is 14.6 Å². The Morgan fingerprint density at radius 1 is 1.04 bits per heavy atom. The van der Waals surface area contributed by atoms with E-state index < -0.39 is 0 Å². The van der Waals surface area contributed by atoms with Crippen molar-refractivity contribution in [3.63, 3.8) is 0 Å². The maximum absolute atomic E-state index is 12.6. The van der Waals surface area contributed by atoms with Crippen LogP contribution in [0.1, 0.15) is 51.4 Å². The number of benzene rings is 1. The zero-order chi connectivity index (χ0) is 18.6. The van der Waals surface area contributed by atoms with Gasteiger partial charge in [-0.2, -0.15) is 0 Å². The van der Waals surface area contributed by atoms with Crippen LogP contribution in [0.4, 0.5) is 5.69 Å². The van der Waals surface area contributed by atoms with Crippen molar-refractivity contribution in [1.82, 2.24) is 9.88 Å². The van der Waals surface area contributed by atoms with Crippen LogP contribution < -0.4 is 5.32 Å². The molecule has 25 heavy (non-hydrogen) atoms. The third-order valence-electron chi connectivity index (χ3n) is 4.21. The van der Waals surface area contributed by atoms with Crippen molar-refractivity contribution in [2.45, 2.75) is 34.6 Å². The van der Waals surface area contributed by atoms with Gasteiger partial charge in [-0.15, -0.1) is 0 Å². The molecule has 1 aromatic carbocycles. The van der Waals surface area contributed by atoms with Gasteiger partial charge >= 0.3 is 0 Å². The van der Waals surface area contributed by atoms with Crippen LogP contribution in [0.5, 0.6) is 0 Å². The lowest BCUT2D eigenvalue weighted by Gasteiger charge is -2.18. The van der Waals surface area contributed by atoms with Gasteiger partial charge in [0, 0.05) is 30.5 Å². The summed E-state index contributed by atoms with van der Waals surface area (Å²) < 4.78 is 0. The summed E-state index contributed by atoms with van der Waals surface area (Å²) >= 11 is 0. The Labute approximate surface area is 149 Å². The Kier molecular flexibility index (Phi) is 5.91. The topological polar surface area (TPSA) is 62.3 Å². The lowest BCUT2D eigenvalue weighted by atomic mass is 10.0. The highest BCUT2D eigenvalue weighted by Crippen LogP contribution is 2.22. The van der Waals surface area contributed by atoms with E-state index in [4.69, 9.17) is 0 Å². The van der Waals surface area contributed by atoms with Crippen molar-refractivity contribution < 1.29 is 9.59 Å². The number of pyridine rings is 1. The van der Waals surface area contributed by atoms with Crippen molar-refractivity contribution in [1.29, 1.82) is 0 Å². The standard InChI is InChI=1S/C20H25N3O2/c1-6-23(7-2)20(25)16-8-9-21-17(12-16)19(24)22-18-14(4)10-13(3)11-15(18)5/h8-12H,6-7H2,1-5H3,(H,22,24). The molecule has 5 heteroatoms. The Morgan fingerprint density at radius 3 is 2.20 bits per heavy atom. The van der Waals surface area contributed by atoms with E-state index in [0.717, 1.165) is 22.4 Å². The second-order valence-corrected chi connectivity index (χ2v) is 6.14. The number of nitrogens with one attached hydrogen (secondary N) is 1. The van der Waals surface area contributed by atoms with Crippen LogP contribution in [0.3, 0.4) is 0 Å². The first kappa shape index (κ1) is 18.6. The fraction of sp³-hybridized carbons (Fsp3) is 0.350. The smallest absolute Gasteiger partial charge is 0.274 e. The zero-order valence-electron chi connectivity index (χ0n) is 15.5. The Morgan fingerprint density at radius 2 is 1.64 bits per heavy atom. The summed E-state index contributed by atoms with van der Waals surface area (Å²) in [6, 6.07) is 7.24. The van der Waals surface area contributed by atoms with Gasteiger partial charge in [0.05, 0.1) is 0 Å². The van der Waals surface area contributed by atoms with Crippen molar-refractivity contribution in [2.75, 3.05) is 18.4 Å². The van der Waals surface area contributed by atoms with E-state index in [0.29, 0.717) is 18.7 Å². The van der Waals surface area contributed by atoms with Gasteiger partial charge < -0.3 is 10.2 Å². The lowest BCUT2D eigenvalue weighted by molar-refractivity contribution is 0.0773. The van der Waals surface area contributed by atoms with E-state index in [1.165, 1.54) is 6.20 Å². The highest BCUT2D eigenvalue weighted by molar-refractivity contribution is 6.05. The number of amides is 2. The Hall–Kier alpha value is -2.69. The number of hydrogen-bond acceptors (Lipinski definition) is 3. The van der Waals surface area contributed by atoms with E-state index in [-0.39, 0.29) is 17.5 Å². The van der Waals surface area contributed by atoms with Gasteiger partial charge in [0.15, 0.2) is 0 Å². The van der Waals surface area contributed by atoms with Crippen LogP contribution in [-0.4, -0.2) is 34.8 Å². The summed E-state index contributed by atoms with van der Waals surface area (Å²) in [6.45, 7) is 11.1. The summed E-state index contributed by atoms with van der Waals surface area (Å²) in [4.78, 5) is 30.9. The van der Waals surface area contributed by atoms with Crippen molar-refractivity contribution in [3.05, 3.63) is 58.4 Å². The van der Waals surface area contributed by atoms with Crippen molar-refractivity contribution >= 4 is 17.5 Å². The second-order valence-electron chi connectivity index (χ2n) is 6.14. The number of carbonyl (C=O) groups is 2. The fourth-order valence-corrected chi connectivity index (χ4v) is 2.94. The van der Waals surface area contributed by atoms with E-state index in [9.17, 15) is 9.59 Å². The molecule has 1 heterocycles. The first-order valence-corrected chi connectivity index (χ1v) is 8.51. The molecule has 0 aliphatic carbocycles. The van der Waals surface area contributed by atoms with Gasteiger partial charge in [-0.1, -0.05) is 17.7 Å². The molecule has 0 spiro atoms. The summed E-state index contributed by atoms with van der Waals surface area (Å²) in [6.07, 6.45) is 1.50. The molecule has 0 aliphatic rings. The van der Waals surface area contributed by atoms with Crippen LogP contribution >= 0.6 is 0 Å².